The zero-order valence-corrected chi connectivity index (χ0v) is 11.4. The van der Waals surface area contributed by atoms with Gasteiger partial charge in [-0.25, -0.2) is 4.98 Å². The molecule has 3 aromatic rings. The fourth-order valence-electron chi connectivity index (χ4n) is 1.73. The summed E-state index contributed by atoms with van der Waals surface area (Å²) < 4.78 is 0. The van der Waals surface area contributed by atoms with E-state index < -0.39 is 0 Å². The predicted molar refractivity (Wildman–Crippen MR) is 80.2 cm³/mol. The van der Waals surface area contributed by atoms with E-state index >= 15 is 0 Å². The Morgan fingerprint density at radius 3 is 2.10 bits per heavy atom. The van der Waals surface area contributed by atoms with Gasteiger partial charge in [-0.3, -0.25) is 0 Å². The molecule has 0 bridgehead atoms. The predicted octanol–water partition coefficient (Wildman–Crippen LogP) is 3.27. The van der Waals surface area contributed by atoms with Gasteiger partial charge in [0.05, 0.1) is 0 Å². The van der Waals surface area contributed by atoms with Crippen molar-refractivity contribution >= 4 is 17.7 Å². The summed E-state index contributed by atoms with van der Waals surface area (Å²) in [5, 5.41) is 0.600. The first-order valence-electron chi connectivity index (χ1n) is 6.11. The van der Waals surface area contributed by atoms with Crippen LogP contribution in [-0.2, 0) is 0 Å². The summed E-state index contributed by atoms with van der Waals surface area (Å²) in [6.07, 6.45) is 0. The van der Waals surface area contributed by atoms with Gasteiger partial charge in [-0.2, -0.15) is 9.97 Å². The smallest absolute Gasteiger partial charge is 0.224 e. The third kappa shape index (κ3) is 2.95. The van der Waals surface area contributed by atoms with Crippen molar-refractivity contribution in [3.63, 3.8) is 0 Å². The van der Waals surface area contributed by atoms with Gasteiger partial charge in [0.2, 0.25) is 5.95 Å². The zero-order valence-electron chi connectivity index (χ0n) is 10.6. The lowest BCUT2D eigenvalue weighted by atomic mass is 10.2. The van der Waals surface area contributed by atoms with Crippen LogP contribution < -0.4 is 5.73 Å². The van der Waals surface area contributed by atoms with Gasteiger partial charge in [0.1, 0.15) is 0 Å². The number of nitrogen functional groups attached to an aromatic ring is 1. The maximum atomic E-state index is 5.77. The number of aromatic nitrogens is 3. The van der Waals surface area contributed by atoms with Crippen LogP contribution in [0.25, 0.3) is 11.4 Å². The number of anilines is 1. The summed E-state index contributed by atoms with van der Waals surface area (Å²) in [6, 6.07) is 19.7. The maximum absolute atomic E-state index is 5.77. The van der Waals surface area contributed by atoms with Crippen LogP contribution >= 0.6 is 11.8 Å². The number of rotatable bonds is 3. The van der Waals surface area contributed by atoms with Crippen molar-refractivity contribution in [1.82, 2.24) is 15.0 Å². The minimum Gasteiger partial charge on any atom is -0.368 e. The van der Waals surface area contributed by atoms with Gasteiger partial charge in [0.15, 0.2) is 11.0 Å². The van der Waals surface area contributed by atoms with Crippen molar-refractivity contribution in [2.24, 2.45) is 0 Å². The summed E-state index contributed by atoms with van der Waals surface area (Å²) in [5.41, 5.74) is 6.70. The highest BCUT2D eigenvalue weighted by Crippen LogP contribution is 2.26. The van der Waals surface area contributed by atoms with Crippen LogP contribution in [0, 0.1) is 0 Å². The molecular formula is C15H12N4S. The molecule has 20 heavy (non-hydrogen) atoms. The largest absolute Gasteiger partial charge is 0.368 e. The Bertz CT molecular complexity index is 702. The Labute approximate surface area is 121 Å². The highest BCUT2D eigenvalue weighted by Gasteiger charge is 2.07. The van der Waals surface area contributed by atoms with E-state index in [1.807, 2.05) is 60.7 Å². The van der Waals surface area contributed by atoms with Crippen LogP contribution in [-0.4, -0.2) is 15.0 Å². The Balaban J connectivity index is 1.95. The average Bonchev–Trinajstić information content (AvgIpc) is 2.49. The van der Waals surface area contributed by atoms with E-state index in [2.05, 4.69) is 15.0 Å². The second-order valence-corrected chi connectivity index (χ2v) is 5.12. The number of hydrogen-bond donors (Lipinski definition) is 1. The molecule has 0 fully saturated rings. The van der Waals surface area contributed by atoms with Crippen LogP contribution in [0.5, 0.6) is 0 Å². The van der Waals surface area contributed by atoms with Crippen LogP contribution in [0.15, 0.2) is 70.7 Å². The summed E-state index contributed by atoms with van der Waals surface area (Å²) >= 11 is 1.47. The Kier molecular flexibility index (Phi) is 3.60. The van der Waals surface area contributed by atoms with Crippen LogP contribution in [0.1, 0.15) is 0 Å². The molecule has 0 saturated heterocycles. The standard InChI is InChI=1S/C15H12N4S/c16-14-17-13(11-7-3-1-4-8-11)18-15(19-14)20-12-9-5-2-6-10-12/h1-10H,(H2,16,17,18,19). The molecule has 2 aromatic carbocycles. The van der Waals surface area contributed by atoms with Crippen molar-refractivity contribution < 1.29 is 0 Å². The molecule has 0 saturated carbocycles. The van der Waals surface area contributed by atoms with E-state index in [1.54, 1.807) is 0 Å². The molecule has 1 aromatic heterocycles. The van der Waals surface area contributed by atoms with Crippen LogP contribution in [0.2, 0.25) is 0 Å². The third-order valence-corrected chi connectivity index (χ3v) is 3.49. The second kappa shape index (κ2) is 5.71. The highest BCUT2D eigenvalue weighted by molar-refractivity contribution is 7.99. The minimum atomic E-state index is 0.234. The second-order valence-electron chi connectivity index (χ2n) is 4.08. The molecule has 0 spiro atoms. The Morgan fingerprint density at radius 2 is 1.40 bits per heavy atom. The number of nitrogens with two attached hydrogens (primary N) is 1. The van der Waals surface area contributed by atoms with E-state index in [0.29, 0.717) is 11.0 Å². The van der Waals surface area contributed by atoms with Crippen molar-refractivity contribution in [2.45, 2.75) is 10.1 Å². The van der Waals surface area contributed by atoms with E-state index in [-0.39, 0.29) is 5.95 Å². The van der Waals surface area contributed by atoms with Crippen molar-refractivity contribution in [2.75, 3.05) is 5.73 Å². The summed E-state index contributed by atoms with van der Waals surface area (Å²) in [5.74, 6) is 0.828. The van der Waals surface area contributed by atoms with Gasteiger partial charge in [0.25, 0.3) is 0 Å². The van der Waals surface area contributed by atoms with Crippen LogP contribution in [0.3, 0.4) is 0 Å². The number of hydrogen-bond acceptors (Lipinski definition) is 5. The lowest BCUT2D eigenvalue weighted by Crippen LogP contribution is -2.01. The highest BCUT2D eigenvalue weighted by atomic mass is 32.2. The summed E-state index contributed by atoms with van der Waals surface area (Å²) in [6.45, 7) is 0. The summed E-state index contributed by atoms with van der Waals surface area (Å²) in [4.78, 5) is 13.9. The van der Waals surface area contributed by atoms with E-state index in [9.17, 15) is 0 Å². The van der Waals surface area contributed by atoms with Gasteiger partial charge in [-0.1, -0.05) is 48.5 Å². The molecular weight excluding hydrogens is 268 g/mol. The van der Waals surface area contributed by atoms with Gasteiger partial charge >= 0.3 is 0 Å². The van der Waals surface area contributed by atoms with Gasteiger partial charge in [-0.15, -0.1) is 0 Å². The minimum absolute atomic E-state index is 0.234. The molecule has 5 heteroatoms. The zero-order chi connectivity index (χ0) is 13.8. The molecule has 0 aliphatic rings. The monoisotopic (exact) mass is 280 g/mol. The molecule has 3 rings (SSSR count). The maximum Gasteiger partial charge on any atom is 0.224 e. The topological polar surface area (TPSA) is 64.7 Å². The Morgan fingerprint density at radius 1 is 0.750 bits per heavy atom. The van der Waals surface area contributed by atoms with Crippen LogP contribution in [0.4, 0.5) is 5.95 Å². The fraction of sp³-hybridized carbons (Fsp3) is 0. The molecule has 0 radical (unpaired) electrons. The fourth-order valence-corrected chi connectivity index (χ4v) is 2.50. The molecule has 0 amide bonds. The molecule has 0 atom stereocenters. The van der Waals surface area contributed by atoms with E-state index in [0.717, 1.165) is 10.5 Å². The third-order valence-electron chi connectivity index (χ3n) is 2.62. The molecule has 1 heterocycles. The summed E-state index contributed by atoms with van der Waals surface area (Å²) in [7, 11) is 0. The average molecular weight is 280 g/mol. The van der Waals surface area contributed by atoms with Gasteiger partial charge in [0, 0.05) is 10.5 Å². The lowest BCUT2D eigenvalue weighted by Gasteiger charge is -2.04. The first-order chi connectivity index (χ1) is 9.81. The molecule has 98 valence electrons. The first kappa shape index (κ1) is 12.6. The van der Waals surface area contributed by atoms with Crippen molar-refractivity contribution in [1.29, 1.82) is 0 Å². The number of benzene rings is 2. The number of nitrogens with zero attached hydrogens (tertiary/aromatic N) is 3. The van der Waals surface area contributed by atoms with Gasteiger partial charge < -0.3 is 5.73 Å². The first-order valence-corrected chi connectivity index (χ1v) is 6.93. The van der Waals surface area contributed by atoms with Crippen molar-refractivity contribution in [3.8, 4) is 11.4 Å². The molecule has 0 aliphatic carbocycles. The van der Waals surface area contributed by atoms with Crippen molar-refractivity contribution in [3.05, 3.63) is 60.7 Å². The van der Waals surface area contributed by atoms with E-state index in [1.165, 1.54) is 11.8 Å². The SMILES string of the molecule is Nc1nc(Sc2ccccc2)nc(-c2ccccc2)n1. The van der Waals surface area contributed by atoms with Gasteiger partial charge in [-0.05, 0) is 23.9 Å². The molecule has 4 nitrogen and oxygen atoms in total. The molecule has 0 aliphatic heterocycles. The van der Waals surface area contributed by atoms with E-state index in [4.69, 9.17) is 5.73 Å². The molecule has 2 N–H and O–H groups in total. The Hall–Kier alpha value is -2.40. The quantitative estimate of drug-likeness (QED) is 0.797. The molecule has 0 unspecified atom stereocenters. The lowest BCUT2D eigenvalue weighted by molar-refractivity contribution is 0.925. The normalized spacial score (nSPS) is 10.4.